The first-order valence-electron chi connectivity index (χ1n) is 3.46. The Kier molecular flexibility index (Phi) is 5.19. The second-order valence-electron chi connectivity index (χ2n) is 2.78. The van der Waals surface area contributed by atoms with Gasteiger partial charge in [-0.1, -0.05) is 0 Å². The summed E-state index contributed by atoms with van der Waals surface area (Å²) in [5.74, 6) is -0.926. The first kappa shape index (κ1) is 11.3. The Morgan fingerprint density at radius 3 is 2.73 bits per heavy atom. The van der Waals surface area contributed by atoms with Gasteiger partial charge in [0.2, 0.25) is 0 Å². The molecule has 0 fully saturated rings. The maximum atomic E-state index is 10.5. The van der Waals surface area contributed by atoms with Crippen LogP contribution in [0.3, 0.4) is 0 Å². The number of hydrogen-bond donors (Lipinski definition) is 2. The molecule has 11 heavy (non-hydrogen) atoms. The van der Waals surface area contributed by atoms with Crippen LogP contribution in [0.5, 0.6) is 0 Å². The number of nitrogens with two attached hydrogens (primary N) is 1. The van der Waals surface area contributed by atoms with Crippen molar-refractivity contribution < 1.29 is 40.1 Å². The average molecular weight is 231 g/mol. The molecule has 0 aromatic heterocycles. The molecule has 0 aromatic carbocycles. The molecule has 3 N–H and O–H groups in total. The number of rotatable bonds is 4. The van der Waals surface area contributed by atoms with Gasteiger partial charge >= 0.3 is 86.2 Å². The Labute approximate surface area is 85.8 Å². The van der Waals surface area contributed by atoms with E-state index in [9.17, 15) is 4.79 Å². The van der Waals surface area contributed by atoms with E-state index in [0.29, 0.717) is 6.42 Å². The van der Waals surface area contributed by atoms with Crippen molar-refractivity contribution >= 4 is 5.97 Å². The molecule has 0 rings (SSSR count). The van der Waals surface area contributed by atoms with Gasteiger partial charge in [-0.15, -0.1) is 0 Å². The van der Waals surface area contributed by atoms with Crippen LogP contribution >= 0.6 is 0 Å². The average Bonchev–Trinajstić information content (AvgIpc) is 1.88. The van der Waals surface area contributed by atoms with Crippen LogP contribution in [0, 0.1) is 2.59 Å². The van der Waals surface area contributed by atoms with Crippen LogP contribution in [0.15, 0.2) is 0 Å². The van der Waals surface area contributed by atoms with E-state index in [1.807, 2.05) is 0 Å². The zero-order chi connectivity index (χ0) is 8.91. The molecular weight excluding hydrogens is 219 g/mol. The van der Waals surface area contributed by atoms with Crippen LogP contribution < -0.4 is 5.73 Å². The van der Waals surface area contributed by atoms with Gasteiger partial charge in [-0.05, 0) is 0 Å². The predicted molar refractivity (Wildman–Crippen MR) is 38.0 cm³/mol. The molecular formula is C7H12NO2Y. The Morgan fingerprint density at radius 1 is 1.82 bits per heavy atom. The van der Waals surface area contributed by atoms with Gasteiger partial charge in [0.1, 0.15) is 0 Å². The minimum absolute atomic E-state index is 0.524. The topological polar surface area (TPSA) is 63.3 Å². The molecule has 1 atom stereocenters. The zero-order valence-corrected chi connectivity index (χ0v) is 9.47. The second-order valence-corrected chi connectivity index (χ2v) is 3.78. The fourth-order valence-corrected chi connectivity index (χ4v) is 1.17. The van der Waals surface area contributed by atoms with Crippen LogP contribution in [-0.2, 0) is 35.0 Å². The van der Waals surface area contributed by atoms with Crippen LogP contribution in [0.25, 0.3) is 0 Å². The molecule has 4 heteroatoms. The molecule has 0 unspecified atom stereocenters. The molecule has 0 amide bonds. The molecule has 0 heterocycles. The third-order valence-electron chi connectivity index (χ3n) is 1.51. The van der Waals surface area contributed by atoms with Gasteiger partial charge in [-0.2, -0.15) is 0 Å². The maximum absolute atomic E-state index is 10.5. The fourth-order valence-electron chi connectivity index (χ4n) is 0.665. The quantitative estimate of drug-likeness (QED) is 0.691. The van der Waals surface area contributed by atoms with E-state index in [0.717, 1.165) is 43.1 Å². The second kappa shape index (κ2) is 5.05. The number of carbonyl (C=O) groups is 1. The van der Waals surface area contributed by atoms with Gasteiger partial charge in [0.25, 0.3) is 0 Å². The molecule has 0 aliphatic carbocycles. The van der Waals surface area contributed by atoms with Gasteiger partial charge in [0.05, 0.1) is 0 Å². The van der Waals surface area contributed by atoms with Gasteiger partial charge in [-0.25, -0.2) is 0 Å². The molecule has 0 aromatic rings. The Balaban J connectivity index is 3.75. The van der Waals surface area contributed by atoms with Crippen LogP contribution in [0.2, 0.25) is 0 Å². The SMILES string of the molecule is C[C@](N)(CCC[C]#[Y])C(=O)O. The molecule has 60 valence electrons. The standard InChI is InChI=1S/C7H12NO2.Y/c1-3-4-5-7(2,8)6(9)10;/h3-5,8H2,2H3,(H,9,10);/t7-;/m0./s1. The van der Waals surface area contributed by atoms with Crippen molar-refractivity contribution in [2.75, 3.05) is 0 Å². The number of carboxylic acids is 1. The van der Waals surface area contributed by atoms with E-state index in [1.54, 1.807) is 6.92 Å². The zero-order valence-electron chi connectivity index (χ0n) is 6.63. The van der Waals surface area contributed by atoms with Crippen molar-refractivity contribution in [3.05, 3.63) is 0 Å². The van der Waals surface area contributed by atoms with Gasteiger partial charge in [0.15, 0.2) is 0 Å². The Hall–Kier alpha value is 0.314. The minimum atomic E-state index is -1.06. The summed E-state index contributed by atoms with van der Waals surface area (Å²) < 4.78 is 3.06. The molecule has 0 bridgehead atoms. The van der Waals surface area contributed by atoms with Crippen molar-refractivity contribution in [2.45, 2.75) is 31.7 Å². The van der Waals surface area contributed by atoms with E-state index in [-0.39, 0.29) is 0 Å². The van der Waals surface area contributed by atoms with Crippen molar-refractivity contribution in [3.8, 4) is 2.59 Å². The number of carboxylic acid groups (broad SMARTS) is 1. The number of aliphatic carboxylic acids is 1. The van der Waals surface area contributed by atoms with Crippen molar-refractivity contribution in [1.82, 2.24) is 0 Å². The van der Waals surface area contributed by atoms with Crippen molar-refractivity contribution in [2.24, 2.45) is 5.73 Å². The predicted octanol–water partition coefficient (Wildman–Crippen LogP) is 0.465. The van der Waals surface area contributed by atoms with Gasteiger partial charge in [-0.3, -0.25) is 0 Å². The first-order chi connectivity index (χ1) is 5.00. The van der Waals surface area contributed by atoms with E-state index >= 15 is 0 Å². The summed E-state index contributed by atoms with van der Waals surface area (Å²) in [5, 5.41) is 8.60. The third-order valence-corrected chi connectivity index (χ3v) is 2.22. The Bertz CT molecular complexity index is 183. The number of unbranched alkanes of at least 4 members (excludes halogenated alkanes) is 1. The normalized spacial score (nSPS) is 15.3. The molecule has 0 aliphatic rings. The van der Waals surface area contributed by atoms with Crippen LogP contribution in [0.1, 0.15) is 26.2 Å². The third kappa shape index (κ3) is 4.70. The summed E-state index contributed by atoms with van der Waals surface area (Å²) in [6.07, 6.45) is 2.21. The molecule has 0 spiro atoms. The monoisotopic (exact) mass is 231 g/mol. The summed E-state index contributed by atoms with van der Waals surface area (Å²) >= 11 is 1.00. The molecule has 0 saturated heterocycles. The summed E-state index contributed by atoms with van der Waals surface area (Å²) in [4.78, 5) is 10.5. The van der Waals surface area contributed by atoms with Gasteiger partial charge in [0, 0.05) is 0 Å². The summed E-state index contributed by atoms with van der Waals surface area (Å²) in [5.41, 5.74) is 4.43. The van der Waals surface area contributed by atoms with Crippen molar-refractivity contribution in [1.29, 1.82) is 0 Å². The van der Waals surface area contributed by atoms with E-state index in [1.165, 1.54) is 0 Å². The molecule has 0 aliphatic heterocycles. The molecule has 0 radical (unpaired) electrons. The van der Waals surface area contributed by atoms with E-state index < -0.39 is 11.5 Å². The fraction of sp³-hybridized carbons (Fsp3) is 0.714. The van der Waals surface area contributed by atoms with Crippen molar-refractivity contribution in [3.63, 3.8) is 0 Å². The summed E-state index contributed by atoms with van der Waals surface area (Å²) in [6, 6.07) is 0. The van der Waals surface area contributed by atoms with E-state index in [4.69, 9.17) is 10.8 Å². The van der Waals surface area contributed by atoms with Gasteiger partial charge < -0.3 is 0 Å². The molecule has 3 nitrogen and oxygen atoms in total. The van der Waals surface area contributed by atoms with E-state index in [2.05, 4.69) is 2.59 Å². The summed E-state index contributed by atoms with van der Waals surface area (Å²) in [7, 11) is 0. The summed E-state index contributed by atoms with van der Waals surface area (Å²) in [6.45, 7) is 1.54. The Morgan fingerprint density at radius 2 is 2.36 bits per heavy atom. The van der Waals surface area contributed by atoms with Crippen LogP contribution in [0.4, 0.5) is 0 Å². The van der Waals surface area contributed by atoms with Crippen LogP contribution in [-0.4, -0.2) is 16.6 Å². The number of hydrogen-bond acceptors (Lipinski definition) is 2. The molecule has 0 saturated carbocycles. The first-order valence-corrected chi connectivity index (χ1v) is 4.88.